The smallest absolute Gasteiger partial charge is 0.330 e. The van der Waals surface area contributed by atoms with Crippen LogP contribution in [0.1, 0.15) is 12.5 Å². The summed E-state index contributed by atoms with van der Waals surface area (Å²) in [4.78, 5) is 22.0. The van der Waals surface area contributed by atoms with Crippen molar-refractivity contribution in [2.75, 3.05) is 13.2 Å². The van der Waals surface area contributed by atoms with E-state index in [2.05, 4.69) is 6.58 Å². The second-order valence-electron chi connectivity index (χ2n) is 4.19. The third kappa shape index (κ3) is 6.04. The lowest BCUT2D eigenvalue weighted by molar-refractivity contribution is -0.156. The predicted octanol–water partition coefficient (Wildman–Crippen LogP) is 2.03. The number of rotatable bonds is 7. The lowest BCUT2D eigenvalue weighted by Crippen LogP contribution is -2.30. The SMILES string of the molecule is C=CC(=O)OCC(COc1ccc(C)cc1)OC(C)=O. The highest BCUT2D eigenvalue weighted by atomic mass is 16.6. The molecule has 0 saturated heterocycles. The van der Waals surface area contributed by atoms with Gasteiger partial charge in [0.1, 0.15) is 19.0 Å². The molecule has 0 aliphatic heterocycles. The minimum absolute atomic E-state index is 0.0731. The van der Waals surface area contributed by atoms with Gasteiger partial charge in [-0.05, 0) is 19.1 Å². The number of carbonyl (C=O) groups excluding carboxylic acids is 2. The first-order valence-electron chi connectivity index (χ1n) is 6.17. The normalized spacial score (nSPS) is 11.3. The summed E-state index contributed by atoms with van der Waals surface area (Å²) in [6, 6.07) is 7.45. The molecule has 0 bridgehead atoms. The van der Waals surface area contributed by atoms with Crippen molar-refractivity contribution in [3.8, 4) is 5.75 Å². The van der Waals surface area contributed by atoms with Crippen LogP contribution in [-0.2, 0) is 19.1 Å². The molecule has 5 heteroatoms. The van der Waals surface area contributed by atoms with Crippen LogP contribution in [-0.4, -0.2) is 31.3 Å². The molecule has 20 heavy (non-hydrogen) atoms. The number of benzene rings is 1. The van der Waals surface area contributed by atoms with Gasteiger partial charge >= 0.3 is 11.9 Å². The fourth-order valence-corrected chi connectivity index (χ4v) is 1.41. The van der Waals surface area contributed by atoms with E-state index in [1.807, 2.05) is 31.2 Å². The summed E-state index contributed by atoms with van der Waals surface area (Å²) in [6.07, 6.45) is 0.392. The fraction of sp³-hybridized carbons (Fsp3) is 0.333. The lowest BCUT2D eigenvalue weighted by Gasteiger charge is -2.17. The zero-order valence-corrected chi connectivity index (χ0v) is 11.6. The van der Waals surface area contributed by atoms with Crippen LogP contribution in [0.3, 0.4) is 0 Å². The molecule has 1 aromatic carbocycles. The topological polar surface area (TPSA) is 61.8 Å². The third-order valence-electron chi connectivity index (χ3n) is 2.37. The summed E-state index contributed by atoms with van der Waals surface area (Å²) < 4.78 is 15.4. The van der Waals surface area contributed by atoms with Crippen molar-refractivity contribution < 1.29 is 23.8 Å². The van der Waals surface area contributed by atoms with E-state index in [0.29, 0.717) is 5.75 Å². The van der Waals surface area contributed by atoms with Gasteiger partial charge in [0.2, 0.25) is 0 Å². The van der Waals surface area contributed by atoms with Crippen LogP contribution in [0.4, 0.5) is 0 Å². The highest BCUT2D eigenvalue weighted by molar-refractivity contribution is 5.81. The van der Waals surface area contributed by atoms with Crippen molar-refractivity contribution in [2.45, 2.75) is 20.0 Å². The number of ether oxygens (including phenoxy) is 3. The van der Waals surface area contributed by atoms with E-state index in [4.69, 9.17) is 14.2 Å². The molecular formula is C15H18O5. The molecule has 1 atom stereocenters. The van der Waals surface area contributed by atoms with Crippen LogP contribution in [0.5, 0.6) is 5.75 Å². The van der Waals surface area contributed by atoms with Gasteiger partial charge in [0.05, 0.1) is 0 Å². The minimum Gasteiger partial charge on any atom is -0.490 e. The van der Waals surface area contributed by atoms with Crippen LogP contribution in [0, 0.1) is 6.92 Å². The van der Waals surface area contributed by atoms with E-state index in [0.717, 1.165) is 11.6 Å². The zero-order valence-electron chi connectivity index (χ0n) is 11.6. The Labute approximate surface area is 118 Å². The van der Waals surface area contributed by atoms with Crippen molar-refractivity contribution in [1.29, 1.82) is 0 Å². The second kappa shape index (κ2) is 7.99. The fourth-order valence-electron chi connectivity index (χ4n) is 1.41. The summed E-state index contributed by atoms with van der Waals surface area (Å²) in [5.41, 5.74) is 1.12. The molecule has 0 N–H and O–H groups in total. The Morgan fingerprint density at radius 2 is 1.90 bits per heavy atom. The van der Waals surface area contributed by atoms with Crippen molar-refractivity contribution in [3.05, 3.63) is 42.5 Å². The first-order valence-corrected chi connectivity index (χ1v) is 6.17. The van der Waals surface area contributed by atoms with Crippen LogP contribution in [0.15, 0.2) is 36.9 Å². The van der Waals surface area contributed by atoms with Gasteiger partial charge in [0, 0.05) is 13.0 Å². The van der Waals surface area contributed by atoms with Crippen LogP contribution < -0.4 is 4.74 Å². The van der Waals surface area contributed by atoms with E-state index in [-0.39, 0.29) is 13.2 Å². The summed E-state index contributed by atoms with van der Waals surface area (Å²) in [7, 11) is 0. The van der Waals surface area contributed by atoms with E-state index < -0.39 is 18.0 Å². The maximum atomic E-state index is 11.0. The van der Waals surface area contributed by atoms with E-state index in [9.17, 15) is 9.59 Å². The summed E-state index contributed by atoms with van der Waals surface area (Å²) in [6.45, 7) is 6.58. The second-order valence-corrected chi connectivity index (χ2v) is 4.19. The minimum atomic E-state index is -0.655. The van der Waals surface area contributed by atoms with Gasteiger partial charge in [-0.15, -0.1) is 0 Å². The quantitative estimate of drug-likeness (QED) is 0.564. The van der Waals surface area contributed by atoms with Gasteiger partial charge in [-0.25, -0.2) is 4.79 Å². The van der Waals surface area contributed by atoms with Gasteiger partial charge < -0.3 is 14.2 Å². The van der Waals surface area contributed by atoms with Gasteiger partial charge in [-0.2, -0.15) is 0 Å². The van der Waals surface area contributed by atoms with E-state index >= 15 is 0 Å². The monoisotopic (exact) mass is 278 g/mol. The largest absolute Gasteiger partial charge is 0.490 e. The number of hydrogen-bond donors (Lipinski definition) is 0. The molecule has 0 radical (unpaired) electrons. The van der Waals surface area contributed by atoms with Crippen LogP contribution >= 0.6 is 0 Å². The van der Waals surface area contributed by atoms with Crippen molar-refractivity contribution in [1.82, 2.24) is 0 Å². The summed E-state index contributed by atoms with van der Waals surface area (Å²) in [5.74, 6) is -0.377. The van der Waals surface area contributed by atoms with Crippen molar-refractivity contribution in [2.24, 2.45) is 0 Å². The Kier molecular flexibility index (Phi) is 6.29. The average Bonchev–Trinajstić information content (AvgIpc) is 2.42. The maximum Gasteiger partial charge on any atom is 0.330 e. The molecule has 1 aromatic rings. The number of aryl methyl sites for hydroxylation is 1. The molecule has 0 heterocycles. The average molecular weight is 278 g/mol. The Hall–Kier alpha value is -2.30. The Bertz CT molecular complexity index is 464. The molecule has 5 nitrogen and oxygen atoms in total. The molecule has 0 spiro atoms. The first-order chi connectivity index (χ1) is 9.51. The molecule has 0 amide bonds. The maximum absolute atomic E-state index is 11.0. The van der Waals surface area contributed by atoms with Crippen LogP contribution in [0.2, 0.25) is 0 Å². The van der Waals surface area contributed by atoms with Gasteiger partial charge in [0.15, 0.2) is 6.10 Å². The molecule has 1 rings (SSSR count). The van der Waals surface area contributed by atoms with E-state index in [1.165, 1.54) is 6.92 Å². The van der Waals surface area contributed by atoms with Crippen molar-refractivity contribution >= 4 is 11.9 Å². The number of esters is 2. The molecule has 1 unspecified atom stereocenters. The first kappa shape index (κ1) is 15.8. The predicted molar refractivity (Wildman–Crippen MR) is 73.4 cm³/mol. The standard InChI is InChI=1S/C15H18O5/c1-4-15(17)19-10-14(20-12(3)16)9-18-13-7-5-11(2)6-8-13/h4-8,14H,1,9-10H2,2-3H3. The molecule has 0 aliphatic carbocycles. The molecule has 0 aromatic heterocycles. The Balaban J connectivity index is 2.50. The molecular weight excluding hydrogens is 260 g/mol. The molecule has 0 fully saturated rings. The Morgan fingerprint density at radius 3 is 2.45 bits per heavy atom. The highest BCUT2D eigenvalue weighted by Gasteiger charge is 2.15. The molecule has 108 valence electrons. The summed E-state index contributed by atoms with van der Waals surface area (Å²) >= 11 is 0. The number of carbonyl (C=O) groups is 2. The zero-order chi connectivity index (χ0) is 15.0. The van der Waals surface area contributed by atoms with Gasteiger partial charge in [0.25, 0.3) is 0 Å². The van der Waals surface area contributed by atoms with Gasteiger partial charge in [-0.3, -0.25) is 4.79 Å². The Morgan fingerprint density at radius 1 is 1.25 bits per heavy atom. The van der Waals surface area contributed by atoms with Crippen molar-refractivity contribution in [3.63, 3.8) is 0 Å². The summed E-state index contributed by atoms with van der Waals surface area (Å²) in [5, 5.41) is 0. The molecule has 0 saturated carbocycles. The lowest BCUT2D eigenvalue weighted by atomic mass is 10.2. The number of hydrogen-bond acceptors (Lipinski definition) is 5. The van der Waals surface area contributed by atoms with Crippen LogP contribution in [0.25, 0.3) is 0 Å². The highest BCUT2D eigenvalue weighted by Crippen LogP contribution is 2.12. The van der Waals surface area contributed by atoms with Gasteiger partial charge in [-0.1, -0.05) is 24.3 Å². The molecule has 0 aliphatic rings. The third-order valence-corrected chi connectivity index (χ3v) is 2.37. The van der Waals surface area contributed by atoms with E-state index in [1.54, 1.807) is 0 Å².